The van der Waals surface area contributed by atoms with Crippen LogP contribution in [0.4, 0.5) is 5.69 Å². The van der Waals surface area contributed by atoms with Gasteiger partial charge in [0, 0.05) is 16.2 Å². The van der Waals surface area contributed by atoms with Crippen molar-refractivity contribution in [1.82, 2.24) is 0 Å². The van der Waals surface area contributed by atoms with E-state index in [1.165, 1.54) is 0 Å². The average Bonchev–Trinajstić information content (AvgIpc) is 2.32. The standard InChI is InChI=1S/C13H18BrNO2S/c1-3-18-7-6-9(2)15-12-5-4-10(13(16)17)8-11(12)14/h4-5,8-9,15H,3,6-7H2,1-2H3,(H,16,17). The van der Waals surface area contributed by atoms with Crippen molar-refractivity contribution in [1.29, 1.82) is 0 Å². The van der Waals surface area contributed by atoms with Gasteiger partial charge >= 0.3 is 5.97 Å². The van der Waals surface area contributed by atoms with E-state index in [0.717, 1.165) is 28.1 Å². The minimum absolute atomic E-state index is 0.293. The van der Waals surface area contributed by atoms with Crippen molar-refractivity contribution in [2.24, 2.45) is 0 Å². The number of anilines is 1. The van der Waals surface area contributed by atoms with Gasteiger partial charge in [-0.15, -0.1) is 0 Å². The molecule has 18 heavy (non-hydrogen) atoms. The Bertz CT molecular complexity index is 412. The lowest BCUT2D eigenvalue weighted by molar-refractivity contribution is 0.0697. The minimum Gasteiger partial charge on any atom is -0.478 e. The van der Waals surface area contributed by atoms with Gasteiger partial charge in [-0.05, 0) is 59.0 Å². The predicted octanol–water partition coefficient (Wildman–Crippen LogP) is 4.09. The van der Waals surface area contributed by atoms with E-state index in [4.69, 9.17) is 5.11 Å². The Morgan fingerprint density at radius 3 is 2.83 bits per heavy atom. The number of benzene rings is 1. The lowest BCUT2D eigenvalue weighted by Gasteiger charge is -2.16. The van der Waals surface area contributed by atoms with E-state index < -0.39 is 5.97 Å². The van der Waals surface area contributed by atoms with E-state index in [1.807, 2.05) is 11.8 Å². The van der Waals surface area contributed by atoms with Gasteiger partial charge in [0.25, 0.3) is 0 Å². The molecular weight excluding hydrogens is 314 g/mol. The first kappa shape index (κ1) is 15.4. The monoisotopic (exact) mass is 331 g/mol. The molecule has 0 spiro atoms. The highest BCUT2D eigenvalue weighted by molar-refractivity contribution is 9.10. The molecule has 2 N–H and O–H groups in total. The fraction of sp³-hybridized carbons (Fsp3) is 0.462. The summed E-state index contributed by atoms with van der Waals surface area (Å²) in [6, 6.07) is 5.41. The molecule has 0 aromatic heterocycles. The number of carbonyl (C=O) groups is 1. The van der Waals surface area contributed by atoms with Crippen LogP contribution < -0.4 is 5.32 Å². The molecule has 0 aliphatic heterocycles. The summed E-state index contributed by atoms with van der Waals surface area (Å²) in [5.74, 6) is 1.37. The third kappa shape index (κ3) is 4.90. The van der Waals surface area contributed by atoms with E-state index in [-0.39, 0.29) is 0 Å². The molecule has 1 aromatic rings. The zero-order chi connectivity index (χ0) is 13.5. The molecule has 0 aliphatic rings. The van der Waals surface area contributed by atoms with Gasteiger partial charge in [-0.25, -0.2) is 4.79 Å². The normalized spacial score (nSPS) is 12.2. The largest absolute Gasteiger partial charge is 0.478 e. The fourth-order valence-corrected chi connectivity index (χ4v) is 2.81. The fourth-order valence-electron chi connectivity index (χ4n) is 1.51. The first-order chi connectivity index (χ1) is 8.54. The quantitative estimate of drug-likeness (QED) is 0.739. The van der Waals surface area contributed by atoms with Crippen LogP contribution in [0, 0.1) is 0 Å². The van der Waals surface area contributed by atoms with Gasteiger partial charge in [-0.1, -0.05) is 6.92 Å². The number of hydrogen-bond donors (Lipinski definition) is 2. The van der Waals surface area contributed by atoms with Gasteiger partial charge in [0.05, 0.1) is 5.56 Å². The van der Waals surface area contributed by atoms with Gasteiger partial charge in [-0.2, -0.15) is 11.8 Å². The van der Waals surface area contributed by atoms with Gasteiger partial charge < -0.3 is 10.4 Å². The number of hydrogen-bond acceptors (Lipinski definition) is 3. The number of carboxylic acid groups (broad SMARTS) is 1. The van der Waals surface area contributed by atoms with Crippen molar-refractivity contribution in [3.8, 4) is 0 Å². The van der Waals surface area contributed by atoms with Crippen LogP contribution in [0.15, 0.2) is 22.7 Å². The van der Waals surface area contributed by atoms with Crippen LogP contribution in [-0.4, -0.2) is 28.6 Å². The molecular formula is C13H18BrNO2S. The van der Waals surface area contributed by atoms with Gasteiger partial charge in [-0.3, -0.25) is 0 Å². The predicted molar refractivity (Wildman–Crippen MR) is 81.8 cm³/mol. The smallest absolute Gasteiger partial charge is 0.335 e. The Kier molecular flexibility index (Phi) is 6.57. The van der Waals surface area contributed by atoms with E-state index in [2.05, 4.69) is 35.1 Å². The van der Waals surface area contributed by atoms with E-state index in [9.17, 15) is 4.79 Å². The van der Waals surface area contributed by atoms with Gasteiger partial charge in [0.1, 0.15) is 0 Å². The lowest BCUT2D eigenvalue weighted by Crippen LogP contribution is -2.16. The molecule has 5 heteroatoms. The van der Waals surface area contributed by atoms with Crippen LogP contribution in [0.1, 0.15) is 30.6 Å². The van der Waals surface area contributed by atoms with E-state index >= 15 is 0 Å². The molecule has 0 aliphatic carbocycles. The molecule has 0 saturated heterocycles. The van der Waals surface area contributed by atoms with Crippen molar-refractivity contribution in [2.45, 2.75) is 26.3 Å². The number of aromatic carboxylic acids is 1. The molecule has 1 atom stereocenters. The molecule has 0 heterocycles. The second-order valence-corrected chi connectivity index (χ2v) is 6.28. The molecule has 0 fully saturated rings. The SMILES string of the molecule is CCSCCC(C)Nc1ccc(C(=O)O)cc1Br. The third-order valence-electron chi connectivity index (χ3n) is 2.52. The molecule has 100 valence electrons. The van der Waals surface area contributed by atoms with Crippen LogP contribution in [0.5, 0.6) is 0 Å². The number of carboxylic acids is 1. The minimum atomic E-state index is -0.908. The summed E-state index contributed by atoms with van der Waals surface area (Å²) in [5.41, 5.74) is 1.23. The second-order valence-electron chi connectivity index (χ2n) is 4.03. The van der Waals surface area contributed by atoms with Crippen molar-refractivity contribution < 1.29 is 9.90 Å². The summed E-state index contributed by atoms with van der Waals surface area (Å²) in [6.45, 7) is 4.29. The highest BCUT2D eigenvalue weighted by atomic mass is 79.9. The number of rotatable bonds is 7. The molecule has 0 radical (unpaired) electrons. The maximum absolute atomic E-state index is 10.8. The molecule has 1 aromatic carbocycles. The van der Waals surface area contributed by atoms with Crippen molar-refractivity contribution in [3.05, 3.63) is 28.2 Å². The summed E-state index contributed by atoms with van der Waals surface area (Å²) in [5, 5.41) is 12.3. The van der Waals surface area contributed by atoms with Crippen molar-refractivity contribution in [3.63, 3.8) is 0 Å². The van der Waals surface area contributed by atoms with Gasteiger partial charge in [0.15, 0.2) is 0 Å². The van der Waals surface area contributed by atoms with Crippen LogP contribution >= 0.6 is 27.7 Å². The van der Waals surface area contributed by atoms with Crippen molar-refractivity contribution >= 4 is 39.3 Å². The molecule has 0 saturated carbocycles. The summed E-state index contributed by atoms with van der Waals surface area (Å²) >= 11 is 5.32. The highest BCUT2D eigenvalue weighted by Crippen LogP contribution is 2.25. The number of thioether (sulfide) groups is 1. The van der Waals surface area contributed by atoms with Gasteiger partial charge in [0.2, 0.25) is 0 Å². The zero-order valence-electron chi connectivity index (χ0n) is 10.6. The molecule has 1 rings (SSSR count). The van der Waals surface area contributed by atoms with Crippen LogP contribution in [0.3, 0.4) is 0 Å². The Labute approximate surface area is 120 Å². The average molecular weight is 332 g/mol. The molecule has 0 bridgehead atoms. The lowest BCUT2D eigenvalue weighted by atomic mass is 10.2. The first-order valence-corrected chi connectivity index (χ1v) is 7.86. The van der Waals surface area contributed by atoms with Crippen LogP contribution in [0.25, 0.3) is 0 Å². The number of halogens is 1. The second kappa shape index (κ2) is 7.69. The van der Waals surface area contributed by atoms with E-state index in [1.54, 1.807) is 18.2 Å². The maximum Gasteiger partial charge on any atom is 0.335 e. The Morgan fingerprint density at radius 1 is 1.56 bits per heavy atom. The molecule has 0 amide bonds. The highest BCUT2D eigenvalue weighted by Gasteiger charge is 2.08. The maximum atomic E-state index is 10.8. The summed E-state index contributed by atoms with van der Waals surface area (Å²) in [7, 11) is 0. The summed E-state index contributed by atoms with van der Waals surface area (Å²) < 4.78 is 0.789. The Morgan fingerprint density at radius 2 is 2.28 bits per heavy atom. The summed E-state index contributed by atoms with van der Waals surface area (Å²) in [4.78, 5) is 10.8. The molecule has 3 nitrogen and oxygen atoms in total. The number of nitrogens with one attached hydrogen (secondary N) is 1. The van der Waals surface area contributed by atoms with Crippen LogP contribution in [0.2, 0.25) is 0 Å². The Hall–Kier alpha value is -0.680. The topological polar surface area (TPSA) is 49.3 Å². The van der Waals surface area contributed by atoms with Crippen molar-refractivity contribution in [2.75, 3.05) is 16.8 Å². The van der Waals surface area contributed by atoms with E-state index in [0.29, 0.717) is 11.6 Å². The Balaban J connectivity index is 2.59. The summed E-state index contributed by atoms with van der Waals surface area (Å²) in [6.07, 6.45) is 1.09. The van der Waals surface area contributed by atoms with Crippen LogP contribution in [-0.2, 0) is 0 Å². The molecule has 1 unspecified atom stereocenters. The third-order valence-corrected chi connectivity index (χ3v) is 4.11. The zero-order valence-corrected chi connectivity index (χ0v) is 13.0. The first-order valence-electron chi connectivity index (χ1n) is 5.91.